The minimum atomic E-state index is -1.03. The van der Waals surface area contributed by atoms with E-state index in [4.69, 9.17) is 0 Å². The predicted octanol–water partition coefficient (Wildman–Crippen LogP) is 5.18. The number of fused-ring (bicyclic) bond motifs is 1. The van der Waals surface area contributed by atoms with E-state index in [0.717, 1.165) is 18.7 Å². The molecule has 3 unspecified atom stereocenters. The Morgan fingerprint density at radius 3 is 2.19 bits per heavy atom. The molecule has 3 heteroatoms. The number of alkyl halides is 1. The highest BCUT2D eigenvalue weighted by Gasteiger charge is 2.50. The topological polar surface area (TPSA) is 23.5 Å². The van der Waals surface area contributed by atoms with Gasteiger partial charge in [-0.2, -0.15) is 0 Å². The Labute approximate surface area is 162 Å². The Kier molecular flexibility index (Phi) is 4.98. The van der Waals surface area contributed by atoms with Crippen LogP contribution in [0.5, 0.6) is 5.75 Å². The second-order valence-electron chi connectivity index (χ2n) is 8.82. The van der Waals surface area contributed by atoms with Crippen molar-refractivity contribution in [1.29, 1.82) is 0 Å². The first kappa shape index (κ1) is 18.5. The van der Waals surface area contributed by atoms with E-state index in [1.54, 1.807) is 12.1 Å². The van der Waals surface area contributed by atoms with Crippen LogP contribution in [0.15, 0.2) is 54.6 Å². The van der Waals surface area contributed by atoms with Crippen molar-refractivity contribution in [3.8, 4) is 5.75 Å². The summed E-state index contributed by atoms with van der Waals surface area (Å²) in [4.78, 5) is 2.55. The van der Waals surface area contributed by atoms with Crippen molar-refractivity contribution in [1.82, 2.24) is 4.90 Å². The molecule has 0 radical (unpaired) electrons. The van der Waals surface area contributed by atoms with Crippen LogP contribution in [0.3, 0.4) is 0 Å². The SMILES string of the molecule is CC(c1ccc(O)cc1)C(C)N1C[C@@H]2CC(F)(Cc3ccccc3)C[C@@H]2C1. The molecule has 1 N–H and O–H groups in total. The fourth-order valence-electron chi connectivity index (χ4n) is 5.27. The van der Waals surface area contributed by atoms with Gasteiger partial charge >= 0.3 is 0 Å². The number of likely N-dealkylation sites (tertiary alicyclic amines) is 1. The highest BCUT2D eigenvalue weighted by Crippen LogP contribution is 2.48. The van der Waals surface area contributed by atoms with Crippen molar-refractivity contribution in [2.75, 3.05) is 13.1 Å². The zero-order chi connectivity index (χ0) is 19.0. The average Bonchev–Trinajstić information content (AvgIpc) is 3.16. The fraction of sp³-hybridized carbons (Fsp3) is 0.500. The molecule has 2 aromatic rings. The van der Waals surface area contributed by atoms with Crippen molar-refractivity contribution in [2.24, 2.45) is 11.8 Å². The summed E-state index contributed by atoms with van der Waals surface area (Å²) in [6, 6.07) is 18.1. The summed E-state index contributed by atoms with van der Waals surface area (Å²) in [6.45, 7) is 6.55. The Morgan fingerprint density at radius 2 is 1.59 bits per heavy atom. The molecular weight excluding hydrogens is 337 g/mol. The first-order valence-electron chi connectivity index (χ1n) is 10.2. The quantitative estimate of drug-likeness (QED) is 0.787. The van der Waals surface area contributed by atoms with Crippen molar-refractivity contribution in [2.45, 2.75) is 50.7 Å². The summed E-state index contributed by atoms with van der Waals surface area (Å²) < 4.78 is 15.5. The minimum Gasteiger partial charge on any atom is -0.508 e. The van der Waals surface area contributed by atoms with E-state index in [-0.39, 0.29) is 0 Å². The highest BCUT2D eigenvalue weighted by molar-refractivity contribution is 5.29. The number of aromatic hydroxyl groups is 1. The Morgan fingerprint density at radius 1 is 1.00 bits per heavy atom. The van der Waals surface area contributed by atoms with E-state index < -0.39 is 5.67 Å². The van der Waals surface area contributed by atoms with Gasteiger partial charge in [-0.25, -0.2) is 4.39 Å². The molecule has 5 atom stereocenters. The maximum atomic E-state index is 15.5. The summed E-state index contributed by atoms with van der Waals surface area (Å²) in [5, 5.41) is 9.51. The van der Waals surface area contributed by atoms with Crippen LogP contribution in [-0.4, -0.2) is 34.8 Å². The third-order valence-corrected chi connectivity index (χ3v) is 6.94. The summed E-state index contributed by atoms with van der Waals surface area (Å²) >= 11 is 0. The normalized spacial score (nSPS) is 30.2. The largest absolute Gasteiger partial charge is 0.508 e. The molecule has 1 saturated heterocycles. The van der Waals surface area contributed by atoms with Gasteiger partial charge in [-0.1, -0.05) is 49.4 Å². The zero-order valence-electron chi connectivity index (χ0n) is 16.3. The second kappa shape index (κ2) is 7.27. The number of rotatable bonds is 5. The van der Waals surface area contributed by atoms with Gasteiger partial charge in [-0.3, -0.25) is 4.90 Å². The van der Waals surface area contributed by atoms with Crippen LogP contribution in [0.25, 0.3) is 0 Å². The van der Waals surface area contributed by atoms with Crippen molar-refractivity contribution in [3.63, 3.8) is 0 Å². The van der Waals surface area contributed by atoms with Crippen molar-refractivity contribution < 1.29 is 9.50 Å². The lowest BCUT2D eigenvalue weighted by molar-refractivity contribution is 0.135. The third-order valence-electron chi connectivity index (χ3n) is 6.94. The number of nitrogens with zero attached hydrogens (tertiary/aromatic N) is 1. The first-order chi connectivity index (χ1) is 12.9. The average molecular weight is 368 g/mol. The highest BCUT2D eigenvalue weighted by atomic mass is 19.1. The number of benzene rings is 2. The molecule has 2 aliphatic rings. The van der Waals surface area contributed by atoms with Gasteiger partial charge in [0.15, 0.2) is 0 Å². The van der Waals surface area contributed by atoms with E-state index in [1.165, 1.54) is 5.56 Å². The molecule has 0 aromatic heterocycles. The molecule has 2 aromatic carbocycles. The van der Waals surface area contributed by atoms with Crippen LogP contribution >= 0.6 is 0 Å². The van der Waals surface area contributed by atoms with Gasteiger partial charge in [0.05, 0.1) is 0 Å². The summed E-state index contributed by atoms with van der Waals surface area (Å²) in [6.07, 6.45) is 1.95. The molecule has 0 bridgehead atoms. The molecule has 1 saturated carbocycles. The Balaban J connectivity index is 1.37. The van der Waals surface area contributed by atoms with Crippen LogP contribution in [0.4, 0.5) is 4.39 Å². The molecule has 1 heterocycles. The number of hydrogen-bond donors (Lipinski definition) is 1. The van der Waals surface area contributed by atoms with Crippen LogP contribution in [0.2, 0.25) is 0 Å². The molecule has 0 amide bonds. The number of phenols is 1. The lowest BCUT2D eigenvalue weighted by Gasteiger charge is -2.32. The Hall–Kier alpha value is -1.87. The molecule has 2 nitrogen and oxygen atoms in total. The van der Waals surface area contributed by atoms with Gasteiger partial charge in [0, 0.05) is 25.6 Å². The Bertz CT molecular complexity index is 746. The molecule has 1 aliphatic carbocycles. The number of halogens is 1. The van der Waals surface area contributed by atoms with Crippen LogP contribution in [0, 0.1) is 11.8 Å². The van der Waals surface area contributed by atoms with Gasteiger partial charge in [0.1, 0.15) is 11.4 Å². The first-order valence-corrected chi connectivity index (χ1v) is 10.2. The molecule has 0 spiro atoms. The number of phenolic OH excluding ortho intramolecular Hbond substituents is 1. The predicted molar refractivity (Wildman–Crippen MR) is 108 cm³/mol. The van der Waals surface area contributed by atoms with Crippen molar-refractivity contribution in [3.05, 3.63) is 65.7 Å². The maximum absolute atomic E-state index is 15.5. The second-order valence-corrected chi connectivity index (χ2v) is 8.82. The lowest BCUT2D eigenvalue weighted by atomic mass is 9.91. The standard InChI is InChI=1S/C24H30FNO/c1-17(20-8-10-23(27)11-9-20)18(2)26-15-21-13-24(25,14-22(21)16-26)12-19-6-4-3-5-7-19/h3-11,17-18,21-22,27H,12-16H2,1-2H3/t17?,18?,21-,22+,24?. The number of hydrogen-bond acceptors (Lipinski definition) is 2. The van der Waals surface area contributed by atoms with Gasteiger partial charge in [-0.15, -0.1) is 0 Å². The summed E-state index contributed by atoms with van der Waals surface area (Å²) in [7, 11) is 0. The fourth-order valence-corrected chi connectivity index (χ4v) is 5.27. The molecule has 4 rings (SSSR count). The lowest BCUT2D eigenvalue weighted by Crippen LogP contribution is -2.37. The molecule has 27 heavy (non-hydrogen) atoms. The van der Waals surface area contributed by atoms with Crippen LogP contribution in [-0.2, 0) is 6.42 Å². The van der Waals surface area contributed by atoms with Gasteiger partial charge in [0.25, 0.3) is 0 Å². The maximum Gasteiger partial charge on any atom is 0.115 e. The minimum absolute atomic E-state index is 0.312. The van der Waals surface area contributed by atoms with E-state index in [2.05, 4.69) is 18.7 Å². The van der Waals surface area contributed by atoms with Crippen LogP contribution < -0.4 is 0 Å². The third kappa shape index (κ3) is 3.89. The molecule has 144 valence electrons. The molecule has 2 fully saturated rings. The van der Waals surface area contributed by atoms with Gasteiger partial charge in [0.2, 0.25) is 0 Å². The van der Waals surface area contributed by atoms with E-state index in [0.29, 0.717) is 48.8 Å². The van der Waals surface area contributed by atoms with E-state index in [1.807, 2.05) is 42.5 Å². The van der Waals surface area contributed by atoms with E-state index >= 15 is 4.39 Å². The smallest absolute Gasteiger partial charge is 0.115 e. The monoisotopic (exact) mass is 367 g/mol. The van der Waals surface area contributed by atoms with Crippen molar-refractivity contribution >= 4 is 0 Å². The molecular formula is C24H30FNO. The van der Waals surface area contributed by atoms with Gasteiger partial charge < -0.3 is 5.11 Å². The van der Waals surface area contributed by atoms with Gasteiger partial charge in [-0.05, 0) is 60.8 Å². The molecule has 1 aliphatic heterocycles. The van der Waals surface area contributed by atoms with E-state index in [9.17, 15) is 5.11 Å². The summed E-state index contributed by atoms with van der Waals surface area (Å²) in [5.74, 6) is 1.66. The van der Waals surface area contributed by atoms with Crippen LogP contribution in [0.1, 0.15) is 43.7 Å². The summed E-state index contributed by atoms with van der Waals surface area (Å²) in [5.41, 5.74) is 1.33. The zero-order valence-corrected chi connectivity index (χ0v) is 16.3.